The molecular formula is C11H6NO5-. The number of carboxylic acid groups (broad SMARTS) is 1. The molecule has 0 bridgehead atoms. The lowest BCUT2D eigenvalue weighted by Crippen LogP contribution is -2.21. The zero-order chi connectivity index (χ0) is 12.4. The van der Waals surface area contributed by atoms with Crippen LogP contribution in [-0.2, 0) is 0 Å². The van der Waals surface area contributed by atoms with Gasteiger partial charge in [0.25, 0.3) is 5.69 Å². The molecule has 0 radical (unpaired) electrons. The van der Waals surface area contributed by atoms with Crippen LogP contribution in [0.15, 0.2) is 40.8 Å². The van der Waals surface area contributed by atoms with Gasteiger partial charge in [-0.2, -0.15) is 0 Å². The highest BCUT2D eigenvalue weighted by atomic mass is 16.6. The Morgan fingerprint density at radius 3 is 2.47 bits per heavy atom. The number of para-hydroxylation sites is 1. The van der Waals surface area contributed by atoms with E-state index in [0.717, 1.165) is 0 Å². The van der Waals surface area contributed by atoms with Crippen LogP contribution in [0.1, 0.15) is 10.6 Å². The number of rotatable bonds is 3. The number of nitro benzene ring substituents is 1. The third kappa shape index (κ3) is 2.00. The molecule has 86 valence electrons. The van der Waals surface area contributed by atoms with Crippen LogP contribution in [0.25, 0.3) is 11.3 Å². The summed E-state index contributed by atoms with van der Waals surface area (Å²) in [4.78, 5) is 20.7. The molecule has 0 amide bonds. The van der Waals surface area contributed by atoms with E-state index in [1.165, 1.54) is 30.3 Å². The van der Waals surface area contributed by atoms with Gasteiger partial charge in [-0.1, -0.05) is 12.1 Å². The summed E-state index contributed by atoms with van der Waals surface area (Å²) in [7, 11) is 0. The first-order chi connectivity index (χ1) is 8.09. The highest BCUT2D eigenvalue weighted by Gasteiger charge is 2.17. The van der Waals surface area contributed by atoms with Gasteiger partial charge >= 0.3 is 0 Å². The number of hydrogen-bond acceptors (Lipinski definition) is 5. The molecule has 0 spiro atoms. The second-order valence-electron chi connectivity index (χ2n) is 3.23. The zero-order valence-electron chi connectivity index (χ0n) is 8.45. The molecule has 0 saturated heterocycles. The highest BCUT2D eigenvalue weighted by molar-refractivity contribution is 5.83. The number of nitrogens with zero attached hydrogens (tertiary/aromatic N) is 1. The van der Waals surface area contributed by atoms with Crippen LogP contribution in [0.2, 0.25) is 0 Å². The first kappa shape index (κ1) is 10.9. The lowest BCUT2D eigenvalue weighted by molar-refractivity contribution is -0.384. The maximum atomic E-state index is 10.8. The minimum absolute atomic E-state index is 0.122. The Kier molecular flexibility index (Phi) is 2.61. The highest BCUT2D eigenvalue weighted by Crippen LogP contribution is 2.30. The van der Waals surface area contributed by atoms with E-state index in [1.54, 1.807) is 6.07 Å². The van der Waals surface area contributed by atoms with Gasteiger partial charge in [-0.25, -0.2) is 0 Å². The Morgan fingerprint density at radius 2 is 1.88 bits per heavy atom. The predicted molar refractivity (Wildman–Crippen MR) is 55.1 cm³/mol. The summed E-state index contributed by atoms with van der Waals surface area (Å²) in [5, 5.41) is 21.3. The first-order valence-corrected chi connectivity index (χ1v) is 4.64. The second kappa shape index (κ2) is 4.09. The molecule has 0 aliphatic heterocycles. The molecule has 0 fully saturated rings. The Hall–Kier alpha value is -2.63. The van der Waals surface area contributed by atoms with Crippen molar-refractivity contribution in [1.29, 1.82) is 0 Å². The van der Waals surface area contributed by atoms with E-state index in [0.29, 0.717) is 0 Å². The summed E-state index contributed by atoms with van der Waals surface area (Å²) >= 11 is 0. The minimum Gasteiger partial charge on any atom is -0.542 e. The SMILES string of the molecule is O=C([O-])c1ccc(-c2ccccc2[N+](=O)[O-])o1. The molecule has 0 aliphatic carbocycles. The number of hydrogen-bond donors (Lipinski definition) is 0. The van der Waals surface area contributed by atoms with Crippen molar-refractivity contribution >= 4 is 11.7 Å². The average Bonchev–Trinajstić information content (AvgIpc) is 2.78. The standard InChI is InChI=1S/C11H7NO5/c13-11(14)10-6-5-9(17-10)7-3-1-2-4-8(7)12(15)16/h1-6H,(H,13,14)/p-1. The Bertz CT molecular complexity index is 587. The molecule has 0 N–H and O–H groups in total. The van der Waals surface area contributed by atoms with Crippen molar-refractivity contribution in [2.24, 2.45) is 0 Å². The van der Waals surface area contributed by atoms with Gasteiger partial charge in [-0.3, -0.25) is 10.1 Å². The van der Waals surface area contributed by atoms with E-state index < -0.39 is 10.9 Å². The number of carbonyl (C=O) groups excluding carboxylic acids is 1. The van der Waals surface area contributed by atoms with Gasteiger partial charge in [0.05, 0.1) is 10.5 Å². The molecule has 17 heavy (non-hydrogen) atoms. The summed E-state index contributed by atoms with van der Waals surface area (Å²) in [6, 6.07) is 8.47. The first-order valence-electron chi connectivity index (χ1n) is 4.64. The normalized spacial score (nSPS) is 10.1. The number of aromatic carboxylic acids is 1. The molecule has 0 aliphatic rings. The number of furan rings is 1. The molecule has 2 rings (SSSR count). The topological polar surface area (TPSA) is 96.4 Å². The van der Waals surface area contributed by atoms with Gasteiger partial charge < -0.3 is 14.3 Å². The number of nitro groups is 1. The molecule has 1 aromatic carbocycles. The van der Waals surface area contributed by atoms with E-state index >= 15 is 0 Å². The fourth-order valence-electron chi connectivity index (χ4n) is 1.43. The maximum Gasteiger partial charge on any atom is 0.280 e. The van der Waals surface area contributed by atoms with Gasteiger partial charge in [0, 0.05) is 6.07 Å². The summed E-state index contributed by atoms with van der Waals surface area (Å²) in [5.74, 6) is -1.70. The smallest absolute Gasteiger partial charge is 0.280 e. The molecule has 1 aromatic heterocycles. The van der Waals surface area contributed by atoms with Crippen molar-refractivity contribution in [3.63, 3.8) is 0 Å². The third-order valence-electron chi connectivity index (χ3n) is 2.17. The summed E-state index contributed by atoms with van der Waals surface area (Å²) < 4.78 is 4.96. The van der Waals surface area contributed by atoms with E-state index in [1.807, 2.05) is 0 Å². The molecule has 0 saturated carbocycles. The lowest BCUT2D eigenvalue weighted by Gasteiger charge is -1.99. The van der Waals surface area contributed by atoms with E-state index in [4.69, 9.17) is 4.42 Å². The summed E-state index contributed by atoms with van der Waals surface area (Å²) in [6.45, 7) is 0. The summed E-state index contributed by atoms with van der Waals surface area (Å²) in [6.07, 6.45) is 0. The van der Waals surface area contributed by atoms with Crippen molar-refractivity contribution in [2.45, 2.75) is 0 Å². The fourth-order valence-corrected chi connectivity index (χ4v) is 1.43. The largest absolute Gasteiger partial charge is 0.542 e. The van der Waals surface area contributed by atoms with Crippen LogP contribution in [0.3, 0.4) is 0 Å². The van der Waals surface area contributed by atoms with Crippen LogP contribution in [-0.4, -0.2) is 10.9 Å². The average molecular weight is 232 g/mol. The molecular weight excluding hydrogens is 226 g/mol. The van der Waals surface area contributed by atoms with Gasteiger partial charge in [0.2, 0.25) is 0 Å². The Morgan fingerprint density at radius 1 is 1.18 bits per heavy atom. The van der Waals surface area contributed by atoms with Crippen LogP contribution in [0, 0.1) is 10.1 Å². The van der Waals surface area contributed by atoms with E-state index in [9.17, 15) is 20.0 Å². The van der Waals surface area contributed by atoms with Crippen molar-refractivity contribution < 1.29 is 19.2 Å². The predicted octanol–water partition coefficient (Wildman–Crippen LogP) is 1.22. The van der Waals surface area contributed by atoms with Crippen molar-refractivity contribution in [2.75, 3.05) is 0 Å². The fraction of sp³-hybridized carbons (Fsp3) is 0. The number of carbonyl (C=O) groups is 1. The molecule has 0 atom stereocenters. The van der Waals surface area contributed by atoms with Gasteiger partial charge in [0.1, 0.15) is 17.5 Å². The van der Waals surface area contributed by atoms with Gasteiger partial charge in [0.15, 0.2) is 0 Å². The van der Waals surface area contributed by atoms with Crippen molar-refractivity contribution in [3.8, 4) is 11.3 Å². The number of carboxylic acids is 1. The number of benzene rings is 1. The zero-order valence-corrected chi connectivity index (χ0v) is 8.45. The van der Waals surface area contributed by atoms with Crippen LogP contribution in [0.4, 0.5) is 5.69 Å². The van der Waals surface area contributed by atoms with Crippen LogP contribution < -0.4 is 5.11 Å². The van der Waals surface area contributed by atoms with Crippen molar-refractivity contribution in [3.05, 3.63) is 52.3 Å². The third-order valence-corrected chi connectivity index (χ3v) is 2.17. The van der Waals surface area contributed by atoms with E-state index in [-0.39, 0.29) is 22.8 Å². The quantitative estimate of drug-likeness (QED) is 0.585. The molecule has 2 aromatic rings. The molecule has 0 unspecified atom stereocenters. The van der Waals surface area contributed by atoms with Crippen LogP contribution in [0.5, 0.6) is 0 Å². The summed E-state index contributed by atoms with van der Waals surface area (Å²) in [5.41, 5.74) is 0.0803. The maximum absolute atomic E-state index is 10.8. The lowest BCUT2D eigenvalue weighted by atomic mass is 10.1. The molecule has 6 nitrogen and oxygen atoms in total. The Labute approximate surface area is 95.3 Å². The minimum atomic E-state index is -1.46. The molecule has 6 heteroatoms. The van der Waals surface area contributed by atoms with Crippen molar-refractivity contribution in [1.82, 2.24) is 0 Å². The molecule has 1 heterocycles. The van der Waals surface area contributed by atoms with Gasteiger partial charge in [-0.15, -0.1) is 0 Å². The monoisotopic (exact) mass is 232 g/mol. The Balaban J connectivity index is 2.52. The van der Waals surface area contributed by atoms with E-state index in [2.05, 4.69) is 0 Å². The second-order valence-corrected chi connectivity index (χ2v) is 3.23. The van der Waals surface area contributed by atoms with Crippen LogP contribution >= 0.6 is 0 Å². The van der Waals surface area contributed by atoms with Gasteiger partial charge in [-0.05, 0) is 18.2 Å².